The highest BCUT2D eigenvalue weighted by Crippen LogP contribution is 2.14. The molecule has 6 heteroatoms. The van der Waals surface area contributed by atoms with Crippen LogP contribution in [0.2, 0.25) is 0 Å². The molecule has 1 aromatic heterocycles. The van der Waals surface area contributed by atoms with E-state index < -0.39 is 0 Å². The molecule has 1 heterocycles. The van der Waals surface area contributed by atoms with Crippen LogP contribution in [0, 0.1) is 3.57 Å². The quantitative estimate of drug-likeness (QED) is 0.743. The van der Waals surface area contributed by atoms with Crippen LogP contribution in [-0.4, -0.2) is 27.6 Å². The first-order chi connectivity index (χ1) is 9.63. The highest BCUT2D eigenvalue weighted by atomic mass is 127. The van der Waals surface area contributed by atoms with Crippen molar-refractivity contribution in [2.75, 3.05) is 6.61 Å². The lowest BCUT2D eigenvalue weighted by atomic mass is 10.3. The van der Waals surface area contributed by atoms with Gasteiger partial charge in [0, 0.05) is 22.4 Å². The fourth-order valence-electron chi connectivity index (χ4n) is 1.65. The van der Waals surface area contributed by atoms with E-state index in [2.05, 4.69) is 52.1 Å². The van der Waals surface area contributed by atoms with Crippen LogP contribution in [0.25, 0.3) is 0 Å². The van der Waals surface area contributed by atoms with Crippen LogP contribution in [0.1, 0.15) is 19.5 Å². The molecule has 1 N–H and O–H groups in total. The zero-order valence-electron chi connectivity index (χ0n) is 11.7. The summed E-state index contributed by atoms with van der Waals surface area (Å²) in [6, 6.07) is 8.45. The summed E-state index contributed by atoms with van der Waals surface area (Å²) in [7, 11) is 0. The van der Waals surface area contributed by atoms with Gasteiger partial charge in [0.25, 0.3) is 0 Å². The molecule has 0 aliphatic heterocycles. The second-order valence-corrected chi connectivity index (χ2v) is 6.06. The monoisotopic (exact) mass is 386 g/mol. The summed E-state index contributed by atoms with van der Waals surface area (Å²) >= 11 is 2.27. The van der Waals surface area contributed by atoms with Gasteiger partial charge in [-0.2, -0.15) is 0 Å². The average Bonchev–Trinajstić information content (AvgIpc) is 2.84. The number of rotatable bonds is 7. The van der Waals surface area contributed by atoms with Crippen LogP contribution in [0.5, 0.6) is 5.75 Å². The molecular weight excluding hydrogens is 367 g/mol. The second-order valence-electron chi connectivity index (χ2n) is 4.81. The van der Waals surface area contributed by atoms with Gasteiger partial charge in [-0.1, -0.05) is 25.1 Å². The number of aromatic nitrogens is 3. The molecule has 0 amide bonds. The number of ether oxygens (including phenoxy) is 1. The minimum absolute atomic E-state index is 0.448. The van der Waals surface area contributed by atoms with Crippen LogP contribution in [0.4, 0.5) is 0 Å². The van der Waals surface area contributed by atoms with E-state index in [4.69, 9.17) is 4.74 Å². The molecule has 2 rings (SSSR count). The lowest BCUT2D eigenvalue weighted by Crippen LogP contribution is -2.21. The summed E-state index contributed by atoms with van der Waals surface area (Å²) in [6.07, 6.45) is 1.95. The lowest BCUT2D eigenvalue weighted by Gasteiger charge is -2.06. The minimum atomic E-state index is 0.448. The number of nitrogens with zero attached hydrogens (tertiary/aromatic N) is 3. The average molecular weight is 386 g/mol. The fraction of sp³-hybridized carbons (Fsp3) is 0.429. The van der Waals surface area contributed by atoms with Crippen molar-refractivity contribution >= 4 is 22.6 Å². The summed E-state index contributed by atoms with van der Waals surface area (Å²) in [5.41, 5.74) is 0.952. The molecule has 0 atom stereocenters. The molecule has 0 saturated heterocycles. The van der Waals surface area contributed by atoms with Crippen LogP contribution < -0.4 is 10.1 Å². The van der Waals surface area contributed by atoms with Gasteiger partial charge in [0.05, 0.1) is 12.2 Å². The molecule has 5 nitrogen and oxygen atoms in total. The van der Waals surface area contributed by atoms with Gasteiger partial charge in [0.2, 0.25) is 0 Å². The first-order valence-corrected chi connectivity index (χ1v) is 7.72. The Bertz CT molecular complexity index is 541. The van der Waals surface area contributed by atoms with Gasteiger partial charge >= 0.3 is 0 Å². The molecule has 0 bridgehead atoms. The highest BCUT2D eigenvalue weighted by Gasteiger charge is 2.02. The maximum atomic E-state index is 5.69. The van der Waals surface area contributed by atoms with Gasteiger partial charge < -0.3 is 10.1 Å². The highest BCUT2D eigenvalue weighted by molar-refractivity contribution is 14.1. The van der Waals surface area contributed by atoms with Gasteiger partial charge in [-0.25, -0.2) is 4.68 Å². The molecule has 0 radical (unpaired) electrons. The zero-order valence-corrected chi connectivity index (χ0v) is 13.9. The van der Waals surface area contributed by atoms with E-state index in [9.17, 15) is 0 Å². The summed E-state index contributed by atoms with van der Waals surface area (Å²) < 4.78 is 8.67. The third kappa shape index (κ3) is 5.09. The van der Waals surface area contributed by atoms with E-state index in [1.165, 1.54) is 3.57 Å². The zero-order chi connectivity index (χ0) is 14.4. The van der Waals surface area contributed by atoms with Crippen molar-refractivity contribution in [3.8, 4) is 5.75 Å². The van der Waals surface area contributed by atoms with Crippen molar-refractivity contribution in [1.82, 2.24) is 20.3 Å². The molecule has 0 fully saturated rings. The third-order valence-electron chi connectivity index (χ3n) is 2.66. The summed E-state index contributed by atoms with van der Waals surface area (Å²) in [6.45, 7) is 6.25. The Balaban J connectivity index is 1.77. The normalized spacial score (nSPS) is 11.0. The van der Waals surface area contributed by atoms with Gasteiger partial charge in [0.1, 0.15) is 12.4 Å². The van der Waals surface area contributed by atoms with Crippen LogP contribution in [0.3, 0.4) is 0 Å². The molecule has 0 spiro atoms. The Morgan fingerprint density at radius 1 is 1.40 bits per heavy atom. The summed E-state index contributed by atoms with van der Waals surface area (Å²) in [5, 5.41) is 11.5. The van der Waals surface area contributed by atoms with Gasteiger partial charge in [-0.3, -0.25) is 0 Å². The maximum Gasteiger partial charge on any atom is 0.120 e. The molecule has 20 heavy (non-hydrogen) atoms. The predicted molar refractivity (Wildman–Crippen MR) is 86.7 cm³/mol. The number of benzene rings is 1. The van der Waals surface area contributed by atoms with Gasteiger partial charge in [0.15, 0.2) is 0 Å². The summed E-state index contributed by atoms with van der Waals surface area (Å²) in [4.78, 5) is 0. The van der Waals surface area contributed by atoms with Crippen molar-refractivity contribution in [2.24, 2.45) is 0 Å². The Kier molecular flexibility index (Phi) is 5.78. The lowest BCUT2D eigenvalue weighted by molar-refractivity contribution is 0.289. The smallest absolute Gasteiger partial charge is 0.120 e. The molecule has 0 unspecified atom stereocenters. The number of hydrogen-bond acceptors (Lipinski definition) is 4. The molecular formula is C14H19IN4O. The van der Waals surface area contributed by atoms with Gasteiger partial charge in [-0.05, 0) is 40.8 Å². The first-order valence-electron chi connectivity index (χ1n) is 6.64. The predicted octanol–water partition coefficient (Wildman–Crippen LogP) is 2.46. The van der Waals surface area contributed by atoms with E-state index in [0.717, 1.165) is 18.0 Å². The van der Waals surface area contributed by atoms with Crippen LogP contribution >= 0.6 is 22.6 Å². The Hall–Kier alpha value is -1.15. The Morgan fingerprint density at radius 2 is 2.25 bits per heavy atom. The van der Waals surface area contributed by atoms with Gasteiger partial charge in [-0.15, -0.1) is 5.10 Å². The number of hydrogen-bond donors (Lipinski definition) is 1. The van der Waals surface area contributed by atoms with Crippen molar-refractivity contribution in [3.63, 3.8) is 0 Å². The second kappa shape index (κ2) is 7.58. The first kappa shape index (κ1) is 15.2. The van der Waals surface area contributed by atoms with Crippen molar-refractivity contribution in [1.29, 1.82) is 0 Å². The van der Waals surface area contributed by atoms with Crippen molar-refractivity contribution in [2.45, 2.75) is 33.0 Å². The third-order valence-corrected chi connectivity index (χ3v) is 3.33. The van der Waals surface area contributed by atoms with E-state index in [1.54, 1.807) is 0 Å². The van der Waals surface area contributed by atoms with Crippen LogP contribution in [0.15, 0.2) is 30.5 Å². The van der Waals surface area contributed by atoms with E-state index in [0.29, 0.717) is 19.2 Å². The van der Waals surface area contributed by atoms with Crippen molar-refractivity contribution < 1.29 is 4.74 Å². The van der Waals surface area contributed by atoms with Crippen molar-refractivity contribution in [3.05, 3.63) is 39.7 Å². The topological polar surface area (TPSA) is 52.0 Å². The largest absolute Gasteiger partial charge is 0.492 e. The van der Waals surface area contributed by atoms with E-state index >= 15 is 0 Å². The number of halogens is 1. The molecule has 0 aliphatic carbocycles. The molecule has 1 aromatic carbocycles. The maximum absolute atomic E-state index is 5.69. The fourth-order valence-corrected chi connectivity index (χ4v) is 2.17. The summed E-state index contributed by atoms with van der Waals surface area (Å²) in [5.74, 6) is 0.888. The van der Waals surface area contributed by atoms with E-state index in [1.807, 2.05) is 35.1 Å². The SMILES string of the molecule is CC(C)NCc1cn(CCOc2cccc(I)c2)nn1. The van der Waals surface area contributed by atoms with E-state index in [-0.39, 0.29) is 0 Å². The molecule has 108 valence electrons. The molecule has 0 saturated carbocycles. The van der Waals surface area contributed by atoms with Crippen LogP contribution in [-0.2, 0) is 13.1 Å². The molecule has 2 aromatic rings. The molecule has 0 aliphatic rings. The minimum Gasteiger partial charge on any atom is -0.492 e. The Morgan fingerprint density at radius 3 is 3.00 bits per heavy atom. The number of nitrogens with one attached hydrogen (secondary N) is 1. The Labute approximate surface area is 132 Å². The standard InChI is InChI=1S/C14H19IN4O/c1-11(2)16-9-13-10-19(18-17-13)6-7-20-14-5-3-4-12(15)8-14/h3-5,8,10-11,16H,6-7,9H2,1-2H3.